The van der Waals surface area contributed by atoms with Crippen LogP contribution in [0.2, 0.25) is 0 Å². The molecule has 0 saturated carbocycles. The van der Waals surface area contributed by atoms with Gasteiger partial charge >= 0.3 is 5.97 Å². The standard InChI is InChI=1S/C17H23NO5/c1-22-8-9-23-12-13-6-7-18(11-13)16(19)10-14-4-2-3-5-15(14)17(20)21/h2-5,13H,6-12H2,1H3,(H,20,21). The lowest BCUT2D eigenvalue weighted by Gasteiger charge is -2.17. The van der Waals surface area contributed by atoms with Gasteiger partial charge in [-0.2, -0.15) is 0 Å². The molecule has 126 valence electrons. The summed E-state index contributed by atoms with van der Waals surface area (Å²) in [6, 6.07) is 6.65. The SMILES string of the molecule is COCCOCC1CCN(C(=O)Cc2ccccc2C(=O)O)C1. The minimum absolute atomic E-state index is 0.0295. The predicted molar refractivity (Wildman–Crippen MR) is 84.5 cm³/mol. The molecule has 1 aromatic carbocycles. The number of amides is 1. The lowest BCUT2D eigenvalue weighted by atomic mass is 10.0. The highest BCUT2D eigenvalue weighted by molar-refractivity contribution is 5.91. The predicted octanol–water partition coefficient (Wildman–Crippen LogP) is 1.44. The molecule has 1 fully saturated rings. The molecule has 0 spiro atoms. The van der Waals surface area contributed by atoms with Crippen LogP contribution in [0.4, 0.5) is 0 Å². The Hall–Kier alpha value is -1.92. The van der Waals surface area contributed by atoms with E-state index in [-0.39, 0.29) is 17.9 Å². The van der Waals surface area contributed by atoms with Gasteiger partial charge in [0.25, 0.3) is 0 Å². The molecule has 0 aromatic heterocycles. The number of aromatic carboxylic acids is 1. The zero-order valence-corrected chi connectivity index (χ0v) is 13.4. The molecule has 1 aliphatic heterocycles. The zero-order chi connectivity index (χ0) is 16.7. The van der Waals surface area contributed by atoms with Gasteiger partial charge < -0.3 is 19.5 Å². The zero-order valence-electron chi connectivity index (χ0n) is 13.4. The molecule has 1 N–H and O–H groups in total. The van der Waals surface area contributed by atoms with E-state index in [1.165, 1.54) is 6.07 Å². The van der Waals surface area contributed by atoms with Gasteiger partial charge in [-0.15, -0.1) is 0 Å². The number of methoxy groups -OCH3 is 1. The number of likely N-dealkylation sites (tertiary alicyclic amines) is 1. The first-order valence-corrected chi connectivity index (χ1v) is 7.77. The monoisotopic (exact) mass is 321 g/mol. The second kappa shape index (κ2) is 8.64. The van der Waals surface area contributed by atoms with Crippen LogP contribution >= 0.6 is 0 Å². The number of ether oxygens (including phenoxy) is 2. The number of carbonyl (C=O) groups is 2. The topological polar surface area (TPSA) is 76.1 Å². The Labute approximate surface area is 136 Å². The summed E-state index contributed by atoms with van der Waals surface area (Å²) >= 11 is 0. The average Bonchev–Trinajstić information content (AvgIpc) is 3.01. The molecule has 1 heterocycles. The molecule has 2 rings (SSSR count). The summed E-state index contributed by atoms with van der Waals surface area (Å²) in [6.45, 7) is 3.13. The average molecular weight is 321 g/mol. The minimum atomic E-state index is -1.00. The van der Waals surface area contributed by atoms with Crippen molar-refractivity contribution in [3.63, 3.8) is 0 Å². The van der Waals surface area contributed by atoms with Gasteiger partial charge in [-0.05, 0) is 18.1 Å². The molecule has 0 bridgehead atoms. The van der Waals surface area contributed by atoms with E-state index in [9.17, 15) is 14.7 Å². The van der Waals surface area contributed by atoms with E-state index in [0.29, 0.717) is 44.4 Å². The maximum absolute atomic E-state index is 12.4. The third-order valence-electron chi connectivity index (χ3n) is 4.01. The van der Waals surface area contributed by atoms with Crippen molar-refractivity contribution in [1.82, 2.24) is 4.90 Å². The van der Waals surface area contributed by atoms with Crippen molar-refractivity contribution < 1.29 is 24.2 Å². The lowest BCUT2D eigenvalue weighted by Crippen LogP contribution is -2.31. The van der Waals surface area contributed by atoms with E-state index in [4.69, 9.17) is 9.47 Å². The minimum Gasteiger partial charge on any atom is -0.478 e. The van der Waals surface area contributed by atoms with Gasteiger partial charge in [0.05, 0.1) is 31.8 Å². The van der Waals surface area contributed by atoms with Crippen LogP contribution in [0, 0.1) is 5.92 Å². The van der Waals surface area contributed by atoms with E-state index in [1.54, 1.807) is 30.2 Å². The summed E-state index contributed by atoms with van der Waals surface area (Å²) in [4.78, 5) is 25.4. The molecule has 1 aliphatic rings. The van der Waals surface area contributed by atoms with E-state index in [1.807, 2.05) is 0 Å². The number of rotatable bonds is 8. The van der Waals surface area contributed by atoms with Crippen molar-refractivity contribution in [2.24, 2.45) is 5.92 Å². The van der Waals surface area contributed by atoms with Gasteiger partial charge in [-0.25, -0.2) is 4.79 Å². The van der Waals surface area contributed by atoms with Gasteiger partial charge in [-0.1, -0.05) is 18.2 Å². The summed E-state index contributed by atoms with van der Waals surface area (Å²) in [5, 5.41) is 9.18. The van der Waals surface area contributed by atoms with E-state index in [2.05, 4.69) is 0 Å². The highest BCUT2D eigenvalue weighted by Gasteiger charge is 2.27. The van der Waals surface area contributed by atoms with Gasteiger partial charge in [0.1, 0.15) is 0 Å². The van der Waals surface area contributed by atoms with Crippen LogP contribution in [0.25, 0.3) is 0 Å². The molecule has 0 radical (unpaired) electrons. The second-order valence-corrected chi connectivity index (χ2v) is 5.70. The fourth-order valence-corrected chi connectivity index (χ4v) is 2.75. The van der Waals surface area contributed by atoms with Crippen molar-refractivity contribution in [3.05, 3.63) is 35.4 Å². The smallest absolute Gasteiger partial charge is 0.335 e. The van der Waals surface area contributed by atoms with E-state index < -0.39 is 5.97 Å². The highest BCUT2D eigenvalue weighted by Crippen LogP contribution is 2.19. The Kier molecular flexibility index (Phi) is 6.55. The molecular weight excluding hydrogens is 298 g/mol. The molecule has 1 amide bonds. The number of carbonyl (C=O) groups excluding carboxylic acids is 1. The first-order valence-electron chi connectivity index (χ1n) is 7.77. The van der Waals surface area contributed by atoms with Crippen LogP contribution in [-0.2, 0) is 20.7 Å². The molecule has 23 heavy (non-hydrogen) atoms. The van der Waals surface area contributed by atoms with Gasteiger partial charge in [0, 0.05) is 26.1 Å². The number of hydrogen-bond donors (Lipinski definition) is 1. The number of carboxylic acid groups (broad SMARTS) is 1. The second-order valence-electron chi connectivity index (χ2n) is 5.70. The Bertz CT molecular complexity index is 546. The van der Waals surface area contributed by atoms with E-state index in [0.717, 1.165) is 6.42 Å². The maximum Gasteiger partial charge on any atom is 0.335 e. The van der Waals surface area contributed by atoms with Crippen LogP contribution < -0.4 is 0 Å². The van der Waals surface area contributed by atoms with Gasteiger partial charge in [-0.3, -0.25) is 4.79 Å². The molecule has 1 unspecified atom stereocenters. The molecule has 0 aliphatic carbocycles. The lowest BCUT2D eigenvalue weighted by molar-refractivity contribution is -0.129. The fraction of sp³-hybridized carbons (Fsp3) is 0.529. The largest absolute Gasteiger partial charge is 0.478 e. The Morgan fingerprint density at radius 3 is 2.83 bits per heavy atom. The summed E-state index contributed by atoms with van der Waals surface area (Å²) in [6.07, 6.45) is 1.04. The summed E-state index contributed by atoms with van der Waals surface area (Å²) in [5.41, 5.74) is 0.754. The first kappa shape index (κ1) is 17.4. The summed E-state index contributed by atoms with van der Waals surface area (Å²) < 4.78 is 10.4. The van der Waals surface area contributed by atoms with Gasteiger partial charge in [0.2, 0.25) is 5.91 Å². The Balaban J connectivity index is 1.84. The van der Waals surface area contributed by atoms with Crippen LogP contribution in [0.3, 0.4) is 0 Å². The van der Waals surface area contributed by atoms with Gasteiger partial charge in [0.15, 0.2) is 0 Å². The molecule has 6 heteroatoms. The van der Waals surface area contributed by atoms with Crippen LogP contribution in [0.1, 0.15) is 22.3 Å². The van der Waals surface area contributed by atoms with Crippen molar-refractivity contribution in [1.29, 1.82) is 0 Å². The fourth-order valence-electron chi connectivity index (χ4n) is 2.75. The van der Waals surface area contributed by atoms with Crippen molar-refractivity contribution in [3.8, 4) is 0 Å². The molecule has 1 saturated heterocycles. The molecule has 1 aromatic rings. The van der Waals surface area contributed by atoms with Crippen molar-refractivity contribution in [2.45, 2.75) is 12.8 Å². The quantitative estimate of drug-likeness (QED) is 0.733. The van der Waals surface area contributed by atoms with Crippen molar-refractivity contribution >= 4 is 11.9 Å². The first-order chi connectivity index (χ1) is 11.1. The number of benzene rings is 1. The molecular formula is C17H23NO5. The number of hydrogen-bond acceptors (Lipinski definition) is 4. The normalized spacial score (nSPS) is 17.4. The highest BCUT2D eigenvalue weighted by atomic mass is 16.5. The van der Waals surface area contributed by atoms with Crippen LogP contribution in [-0.4, -0.2) is 61.9 Å². The summed E-state index contributed by atoms with van der Waals surface area (Å²) in [5.74, 6) is -0.692. The molecule has 6 nitrogen and oxygen atoms in total. The third-order valence-corrected chi connectivity index (χ3v) is 4.01. The Morgan fingerprint density at radius 2 is 2.09 bits per heavy atom. The summed E-state index contributed by atoms with van der Waals surface area (Å²) in [7, 11) is 1.63. The van der Waals surface area contributed by atoms with Crippen molar-refractivity contribution in [2.75, 3.05) is 40.0 Å². The third kappa shape index (κ3) is 5.04. The van der Waals surface area contributed by atoms with Crippen LogP contribution in [0.5, 0.6) is 0 Å². The Morgan fingerprint density at radius 1 is 1.30 bits per heavy atom. The van der Waals surface area contributed by atoms with E-state index >= 15 is 0 Å². The van der Waals surface area contributed by atoms with Crippen LogP contribution in [0.15, 0.2) is 24.3 Å². The number of carboxylic acids is 1. The molecule has 1 atom stereocenters. The maximum atomic E-state index is 12.4. The number of nitrogens with zero attached hydrogens (tertiary/aromatic N) is 1.